The molecule has 0 saturated heterocycles. The fourth-order valence-electron chi connectivity index (χ4n) is 2.55. The molecule has 0 amide bonds. The van der Waals surface area contributed by atoms with Gasteiger partial charge in [-0.2, -0.15) is 0 Å². The zero-order valence-corrected chi connectivity index (χ0v) is 10.5. The summed E-state index contributed by atoms with van der Waals surface area (Å²) in [6.45, 7) is 6.27. The quantitative estimate of drug-likeness (QED) is 0.806. The van der Waals surface area contributed by atoms with Crippen molar-refractivity contribution >= 4 is 0 Å². The highest BCUT2D eigenvalue weighted by Gasteiger charge is 2.34. The predicted molar refractivity (Wildman–Crippen MR) is 66.6 cm³/mol. The zero-order chi connectivity index (χ0) is 12.2. The standard InChI is InChI=1S/C14H22FN/c1-4-11(5-2)14(16,6-3)12-9-7-8-10-13(12)15/h7-11H,4-6,16H2,1-3H3. The lowest BCUT2D eigenvalue weighted by molar-refractivity contribution is 0.241. The van der Waals surface area contributed by atoms with Crippen molar-refractivity contribution in [1.82, 2.24) is 0 Å². The average molecular weight is 223 g/mol. The van der Waals surface area contributed by atoms with Gasteiger partial charge in [0.05, 0.1) is 0 Å². The lowest BCUT2D eigenvalue weighted by atomic mass is 9.74. The molecule has 0 radical (unpaired) electrons. The summed E-state index contributed by atoms with van der Waals surface area (Å²) in [6.07, 6.45) is 2.73. The van der Waals surface area contributed by atoms with E-state index in [2.05, 4.69) is 13.8 Å². The SMILES string of the molecule is CCC(CC)C(N)(CC)c1ccccc1F. The minimum atomic E-state index is -0.533. The molecule has 0 aliphatic carbocycles. The molecule has 2 heteroatoms. The first-order valence-corrected chi connectivity index (χ1v) is 6.14. The smallest absolute Gasteiger partial charge is 0.128 e. The van der Waals surface area contributed by atoms with Gasteiger partial charge in [0.25, 0.3) is 0 Å². The summed E-state index contributed by atoms with van der Waals surface area (Å²) in [5, 5.41) is 0. The topological polar surface area (TPSA) is 26.0 Å². The number of rotatable bonds is 5. The Kier molecular flexibility index (Phi) is 4.48. The van der Waals surface area contributed by atoms with E-state index in [1.165, 1.54) is 6.07 Å². The van der Waals surface area contributed by atoms with Gasteiger partial charge in [0.2, 0.25) is 0 Å². The minimum Gasteiger partial charge on any atom is -0.321 e. The summed E-state index contributed by atoms with van der Waals surface area (Å²) < 4.78 is 13.8. The summed E-state index contributed by atoms with van der Waals surface area (Å²) in [5.41, 5.74) is 6.57. The van der Waals surface area contributed by atoms with E-state index >= 15 is 0 Å². The number of nitrogens with two attached hydrogens (primary N) is 1. The first kappa shape index (κ1) is 13.2. The predicted octanol–water partition coefficient (Wildman–Crippen LogP) is 3.83. The number of hydrogen-bond donors (Lipinski definition) is 1. The lowest BCUT2D eigenvalue weighted by Crippen LogP contribution is -2.44. The first-order chi connectivity index (χ1) is 7.60. The van der Waals surface area contributed by atoms with E-state index in [9.17, 15) is 4.39 Å². The molecule has 2 N–H and O–H groups in total. The molecule has 0 bridgehead atoms. The highest BCUT2D eigenvalue weighted by molar-refractivity contribution is 5.26. The third-order valence-corrected chi connectivity index (χ3v) is 3.67. The monoisotopic (exact) mass is 223 g/mol. The Morgan fingerprint density at radius 2 is 1.75 bits per heavy atom. The van der Waals surface area contributed by atoms with E-state index < -0.39 is 5.54 Å². The van der Waals surface area contributed by atoms with E-state index in [0.717, 1.165) is 19.3 Å². The molecule has 16 heavy (non-hydrogen) atoms. The van der Waals surface area contributed by atoms with Crippen molar-refractivity contribution < 1.29 is 4.39 Å². The second-order valence-corrected chi connectivity index (χ2v) is 4.39. The average Bonchev–Trinajstić information content (AvgIpc) is 2.30. The van der Waals surface area contributed by atoms with Crippen LogP contribution in [0.3, 0.4) is 0 Å². The molecule has 0 spiro atoms. The maximum atomic E-state index is 13.8. The van der Waals surface area contributed by atoms with Gasteiger partial charge in [0.1, 0.15) is 5.82 Å². The van der Waals surface area contributed by atoms with Gasteiger partial charge < -0.3 is 5.73 Å². The molecule has 1 aromatic carbocycles. The Balaban J connectivity index is 3.18. The summed E-state index contributed by atoms with van der Waals surface area (Å²) >= 11 is 0. The molecule has 90 valence electrons. The van der Waals surface area contributed by atoms with Gasteiger partial charge in [0, 0.05) is 11.1 Å². The van der Waals surface area contributed by atoms with E-state index in [1.807, 2.05) is 19.1 Å². The summed E-state index contributed by atoms with van der Waals surface area (Å²) in [6, 6.07) is 6.88. The van der Waals surface area contributed by atoms with Crippen LogP contribution in [0.5, 0.6) is 0 Å². The molecule has 1 nitrogen and oxygen atoms in total. The molecule has 0 aliphatic rings. The maximum absolute atomic E-state index is 13.8. The van der Waals surface area contributed by atoms with Crippen molar-refractivity contribution in [3.05, 3.63) is 35.6 Å². The normalized spacial score (nSPS) is 15.1. The Morgan fingerprint density at radius 1 is 1.19 bits per heavy atom. The summed E-state index contributed by atoms with van der Waals surface area (Å²) in [5.74, 6) is 0.146. The molecule has 1 atom stereocenters. The summed E-state index contributed by atoms with van der Waals surface area (Å²) in [4.78, 5) is 0. The van der Waals surface area contributed by atoms with E-state index in [-0.39, 0.29) is 5.82 Å². The van der Waals surface area contributed by atoms with Gasteiger partial charge in [-0.3, -0.25) is 0 Å². The van der Waals surface area contributed by atoms with Crippen LogP contribution in [0, 0.1) is 11.7 Å². The second kappa shape index (κ2) is 5.44. The van der Waals surface area contributed by atoms with E-state index in [4.69, 9.17) is 5.73 Å². The number of halogens is 1. The molecule has 1 unspecified atom stereocenters. The molecular formula is C14H22FN. The zero-order valence-electron chi connectivity index (χ0n) is 10.5. The minimum absolute atomic E-state index is 0.182. The van der Waals surface area contributed by atoms with Crippen LogP contribution in [-0.2, 0) is 5.54 Å². The number of hydrogen-bond acceptors (Lipinski definition) is 1. The Bertz CT molecular complexity index is 333. The Hall–Kier alpha value is -0.890. The van der Waals surface area contributed by atoms with Gasteiger partial charge >= 0.3 is 0 Å². The van der Waals surface area contributed by atoms with Crippen molar-refractivity contribution in [2.75, 3.05) is 0 Å². The summed E-state index contributed by atoms with van der Waals surface area (Å²) in [7, 11) is 0. The Labute approximate surface area is 97.9 Å². The van der Waals surface area contributed by atoms with Crippen LogP contribution in [0.25, 0.3) is 0 Å². The Morgan fingerprint density at radius 3 is 2.19 bits per heavy atom. The van der Waals surface area contributed by atoms with Crippen molar-refractivity contribution in [2.24, 2.45) is 11.7 Å². The van der Waals surface area contributed by atoms with Gasteiger partial charge in [-0.25, -0.2) is 4.39 Å². The third kappa shape index (κ3) is 2.27. The molecule has 0 heterocycles. The largest absolute Gasteiger partial charge is 0.321 e. The van der Waals surface area contributed by atoms with E-state index in [1.54, 1.807) is 6.07 Å². The molecule has 0 saturated carbocycles. The number of benzene rings is 1. The van der Waals surface area contributed by atoms with Crippen molar-refractivity contribution in [2.45, 2.75) is 45.6 Å². The lowest BCUT2D eigenvalue weighted by Gasteiger charge is -2.36. The highest BCUT2D eigenvalue weighted by Crippen LogP contribution is 2.35. The molecule has 0 aromatic heterocycles. The highest BCUT2D eigenvalue weighted by atomic mass is 19.1. The van der Waals surface area contributed by atoms with Crippen LogP contribution in [0.4, 0.5) is 4.39 Å². The van der Waals surface area contributed by atoms with Crippen LogP contribution < -0.4 is 5.73 Å². The van der Waals surface area contributed by atoms with Gasteiger partial charge in [-0.1, -0.05) is 51.8 Å². The van der Waals surface area contributed by atoms with Gasteiger partial charge in [0.15, 0.2) is 0 Å². The van der Waals surface area contributed by atoms with Gasteiger partial charge in [-0.05, 0) is 18.4 Å². The van der Waals surface area contributed by atoms with Crippen molar-refractivity contribution in [3.8, 4) is 0 Å². The van der Waals surface area contributed by atoms with Gasteiger partial charge in [-0.15, -0.1) is 0 Å². The van der Waals surface area contributed by atoms with Crippen LogP contribution >= 0.6 is 0 Å². The molecule has 1 rings (SSSR count). The molecule has 0 fully saturated rings. The first-order valence-electron chi connectivity index (χ1n) is 6.14. The van der Waals surface area contributed by atoms with Crippen LogP contribution in [-0.4, -0.2) is 0 Å². The van der Waals surface area contributed by atoms with Crippen LogP contribution in [0.1, 0.15) is 45.6 Å². The fraction of sp³-hybridized carbons (Fsp3) is 0.571. The van der Waals surface area contributed by atoms with Crippen LogP contribution in [0.2, 0.25) is 0 Å². The van der Waals surface area contributed by atoms with Crippen molar-refractivity contribution in [1.29, 1.82) is 0 Å². The fourth-order valence-corrected chi connectivity index (χ4v) is 2.55. The molecular weight excluding hydrogens is 201 g/mol. The van der Waals surface area contributed by atoms with Crippen LogP contribution in [0.15, 0.2) is 24.3 Å². The second-order valence-electron chi connectivity index (χ2n) is 4.39. The van der Waals surface area contributed by atoms with Crippen molar-refractivity contribution in [3.63, 3.8) is 0 Å². The molecule has 0 aliphatic heterocycles. The maximum Gasteiger partial charge on any atom is 0.128 e. The molecule has 1 aromatic rings. The van der Waals surface area contributed by atoms with E-state index in [0.29, 0.717) is 11.5 Å². The third-order valence-electron chi connectivity index (χ3n) is 3.67.